The van der Waals surface area contributed by atoms with Gasteiger partial charge in [-0.3, -0.25) is 0 Å². The zero-order valence-corrected chi connectivity index (χ0v) is 9.57. The number of ether oxygens (including phenoxy) is 1. The molecule has 0 aromatic rings. The van der Waals surface area contributed by atoms with Crippen LogP contribution in [0.1, 0.15) is 20.8 Å². The van der Waals surface area contributed by atoms with Crippen LogP contribution in [0.25, 0.3) is 0 Å². The smallest absolute Gasteiger partial charge is 0.349 e. The zero-order valence-electron chi connectivity index (χ0n) is 7.12. The van der Waals surface area contributed by atoms with Gasteiger partial charge >= 0.3 is 5.97 Å². The first-order valence-corrected chi connectivity index (χ1v) is 2.69. The normalized spacial score (nSPS) is 7.92. The Morgan fingerprint density at radius 1 is 1.25 bits per heavy atom. The van der Waals surface area contributed by atoms with E-state index in [-0.39, 0.29) is 37.2 Å². The summed E-state index contributed by atoms with van der Waals surface area (Å²) < 4.78 is 4.70. The second-order valence-electron chi connectivity index (χ2n) is 2.68. The first kappa shape index (κ1) is 22.7. The van der Waals surface area contributed by atoms with Crippen molar-refractivity contribution in [3.8, 4) is 0 Å². The molecule has 0 amide bonds. The minimum Gasteiger partial charge on any atom is -0.456 e. The van der Waals surface area contributed by atoms with Gasteiger partial charge < -0.3 is 10.1 Å². The molecule has 76 valence electrons. The molecule has 0 aliphatic rings. The average Bonchev–Trinajstić information content (AvgIpc) is 1.62. The van der Waals surface area contributed by atoms with Crippen molar-refractivity contribution in [1.82, 2.24) is 0 Å². The molecule has 0 unspecified atom stereocenters. The van der Waals surface area contributed by atoms with Crippen molar-refractivity contribution in [2.45, 2.75) is 26.4 Å². The van der Waals surface area contributed by atoms with Gasteiger partial charge in [0.2, 0.25) is 0 Å². The van der Waals surface area contributed by atoms with Crippen LogP contribution in [0, 0.1) is 5.41 Å². The van der Waals surface area contributed by atoms with Crippen molar-refractivity contribution < 1.29 is 9.53 Å². The monoisotopic (exact) mass is 237 g/mol. The van der Waals surface area contributed by atoms with Crippen LogP contribution in [0.2, 0.25) is 0 Å². The van der Waals surface area contributed by atoms with Crippen molar-refractivity contribution in [1.29, 1.82) is 5.41 Å². The summed E-state index contributed by atoms with van der Waals surface area (Å²) in [6.07, 6.45) is 0.658. The number of hydrogen-bond donors (Lipinski definition) is 1. The summed E-state index contributed by atoms with van der Waals surface area (Å²) in [5.41, 5.74) is -0.478. The molecule has 0 saturated heterocycles. The Morgan fingerprint density at radius 3 is 1.67 bits per heavy atom. The van der Waals surface area contributed by atoms with E-state index < -0.39 is 11.6 Å². The third-order valence-corrected chi connectivity index (χ3v) is 0.525. The Bertz CT molecular complexity index is 133. The van der Waals surface area contributed by atoms with E-state index in [0.717, 1.165) is 0 Å². The van der Waals surface area contributed by atoms with Crippen LogP contribution in [0.3, 0.4) is 0 Å². The fraction of sp³-hybridized carbons (Fsp3) is 0.667. The zero-order chi connectivity index (χ0) is 7.49. The van der Waals surface area contributed by atoms with Crippen molar-refractivity contribution in [2.75, 3.05) is 0 Å². The highest BCUT2D eigenvalue weighted by Crippen LogP contribution is 2.05. The number of carbonyl (C=O) groups is 1. The fourth-order valence-corrected chi connectivity index (χ4v) is 0.331. The van der Waals surface area contributed by atoms with Gasteiger partial charge in [-0.1, -0.05) is 0 Å². The highest BCUT2D eigenvalue weighted by molar-refractivity contribution is 6.21. The van der Waals surface area contributed by atoms with Gasteiger partial charge in [-0.2, -0.15) is 0 Å². The summed E-state index contributed by atoms with van der Waals surface area (Å²) in [5.74, 6) is -0.595. The molecule has 3 nitrogen and oxygen atoms in total. The van der Waals surface area contributed by atoms with Gasteiger partial charge in [-0.05, 0) is 20.8 Å². The van der Waals surface area contributed by atoms with Crippen molar-refractivity contribution in [3.05, 3.63) is 0 Å². The number of halogens is 3. The molecule has 0 rings (SSSR count). The van der Waals surface area contributed by atoms with Gasteiger partial charge in [0.25, 0.3) is 0 Å². The van der Waals surface area contributed by atoms with Gasteiger partial charge in [0.15, 0.2) is 0 Å². The summed E-state index contributed by atoms with van der Waals surface area (Å²) in [4.78, 5) is 10.4. The first-order chi connectivity index (χ1) is 3.95. The quantitative estimate of drug-likeness (QED) is 0.563. The second-order valence-corrected chi connectivity index (χ2v) is 2.68. The second kappa shape index (κ2) is 9.10. The topological polar surface area (TPSA) is 50.2 Å². The number of hydrogen-bond acceptors (Lipinski definition) is 3. The van der Waals surface area contributed by atoms with Crippen molar-refractivity contribution >= 4 is 49.4 Å². The Labute approximate surface area is 91.0 Å². The van der Waals surface area contributed by atoms with Gasteiger partial charge in [0, 0.05) is 0 Å². The van der Waals surface area contributed by atoms with Crippen LogP contribution in [0.5, 0.6) is 0 Å². The van der Waals surface area contributed by atoms with Crippen LogP contribution in [-0.4, -0.2) is 17.8 Å². The molecular formula is C6H14Cl3NO2. The molecule has 0 heterocycles. The predicted octanol–water partition coefficient (Wildman–Crippen LogP) is 2.24. The lowest BCUT2D eigenvalue weighted by molar-refractivity contribution is -0.145. The van der Waals surface area contributed by atoms with E-state index in [4.69, 9.17) is 10.1 Å². The van der Waals surface area contributed by atoms with Crippen LogP contribution < -0.4 is 0 Å². The molecule has 0 spiro atoms. The Balaban J connectivity index is -0.000000107. The maximum Gasteiger partial charge on any atom is 0.349 e. The lowest BCUT2D eigenvalue weighted by Crippen LogP contribution is -2.24. The van der Waals surface area contributed by atoms with Gasteiger partial charge in [-0.25, -0.2) is 4.79 Å². The maximum atomic E-state index is 10.4. The lowest BCUT2D eigenvalue weighted by atomic mass is 10.2. The minimum atomic E-state index is -0.595. The van der Waals surface area contributed by atoms with Crippen LogP contribution in [0.4, 0.5) is 0 Å². The van der Waals surface area contributed by atoms with Crippen molar-refractivity contribution in [3.63, 3.8) is 0 Å². The molecule has 0 atom stereocenters. The summed E-state index contributed by atoms with van der Waals surface area (Å²) >= 11 is 0. The molecule has 0 fully saturated rings. The van der Waals surface area contributed by atoms with E-state index in [9.17, 15) is 4.79 Å². The molecule has 0 saturated carbocycles. The Hall–Kier alpha value is 0.01000. The highest BCUT2D eigenvalue weighted by Gasteiger charge is 2.13. The molecule has 0 aliphatic heterocycles. The summed E-state index contributed by atoms with van der Waals surface area (Å²) in [6.45, 7) is 5.28. The Kier molecular flexibility index (Phi) is 17.2. The van der Waals surface area contributed by atoms with E-state index in [0.29, 0.717) is 6.21 Å². The third-order valence-electron chi connectivity index (χ3n) is 0.525. The van der Waals surface area contributed by atoms with Crippen LogP contribution >= 0.6 is 37.2 Å². The van der Waals surface area contributed by atoms with E-state index >= 15 is 0 Å². The first-order valence-electron chi connectivity index (χ1n) is 2.69. The lowest BCUT2D eigenvalue weighted by Gasteiger charge is -2.17. The highest BCUT2D eigenvalue weighted by atomic mass is 35.5. The fourth-order valence-electron chi connectivity index (χ4n) is 0.331. The molecule has 0 bridgehead atoms. The van der Waals surface area contributed by atoms with Crippen LogP contribution in [-0.2, 0) is 9.53 Å². The third kappa shape index (κ3) is 16.5. The molecule has 0 radical (unpaired) electrons. The summed E-state index contributed by atoms with van der Waals surface area (Å²) in [7, 11) is 0. The predicted molar refractivity (Wildman–Crippen MR) is 56.4 cm³/mol. The largest absolute Gasteiger partial charge is 0.456 e. The SMILES string of the molecule is CC(C)(C)OC(=O)C=N.Cl.Cl.Cl. The van der Waals surface area contributed by atoms with E-state index in [1.165, 1.54) is 0 Å². The summed E-state index contributed by atoms with van der Waals surface area (Å²) in [5, 5.41) is 6.49. The number of rotatable bonds is 1. The number of carbonyl (C=O) groups excluding carboxylic acids is 1. The maximum absolute atomic E-state index is 10.4. The average molecular weight is 239 g/mol. The number of esters is 1. The molecular weight excluding hydrogens is 224 g/mol. The minimum absolute atomic E-state index is 0. The van der Waals surface area contributed by atoms with E-state index in [1.54, 1.807) is 20.8 Å². The molecule has 1 N–H and O–H groups in total. The molecule has 0 aromatic heterocycles. The summed E-state index contributed by atoms with van der Waals surface area (Å²) in [6, 6.07) is 0. The molecule has 0 aliphatic carbocycles. The standard InChI is InChI=1S/C6H11NO2.3ClH/c1-6(2,3)9-5(8)4-7;;;/h4,7H,1-3H3;3*1H. The van der Waals surface area contributed by atoms with E-state index in [2.05, 4.69) is 0 Å². The molecule has 12 heavy (non-hydrogen) atoms. The van der Waals surface area contributed by atoms with E-state index in [1.807, 2.05) is 0 Å². The molecule has 6 heteroatoms. The van der Waals surface area contributed by atoms with Crippen LogP contribution in [0.15, 0.2) is 0 Å². The Morgan fingerprint density at radius 2 is 1.58 bits per heavy atom. The van der Waals surface area contributed by atoms with Gasteiger partial charge in [0.05, 0.1) is 0 Å². The molecule has 0 aromatic carbocycles. The van der Waals surface area contributed by atoms with Gasteiger partial charge in [-0.15, -0.1) is 37.2 Å². The number of nitrogens with one attached hydrogen (secondary N) is 1. The van der Waals surface area contributed by atoms with Gasteiger partial charge in [0.1, 0.15) is 11.8 Å². The van der Waals surface area contributed by atoms with Crippen molar-refractivity contribution in [2.24, 2.45) is 0 Å².